The van der Waals surface area contributed by atoms with Crippen LogP contribution in [0.2, 0.25) is 0 Å². The van der Waals surface area contributed by atoms with Crippen molar-refractivity contribution >= 4 is 38.2 Å². The van der Waals surface area contributed by atoms with Crippen molar-refractivity contribution in [1.82, 2.24) is 15.2 Å². The number of rotatable bonds is 3. The van der Waals surface area contributed by atoms with Crippen molar-refractivity contribution in [2.75, 3.05) is 26.2 Å². The van der Waals surface area contributed by atoms with Crippen LogP contribution >= 0.6 is 27.3 Å². The number of thiophene rings is 1. The van der Waals surface area contributed by atoms with Crippen LogP contribution in [-0.2, 0) is 0 Å². The summed E-state index contributed by atoms with van der Waals surface area (Å²) in [6.07, 6.45) is 3.24. The Morgan fingerprint density at radius 1 is 1.12 bits per heavy atom. The highest BCUT2D eigenvalue weighted by molar-refractivity contribution is 9.11. The van der Waals surface area contributed by atoms with Gasteiger partial charge < -0.3 is 5.32 Å². The van der Waals surface area contributed by atoms with Crippen molar-refractivity contribution in [2.24, 2.45) is 0 Å². The minimum absolute atomic E-state index is 0.276. The normalized spacial score (nSPS) is 17.7. The summed E-state index contributed by atoms with van der Waals surface area (Å²) in [5.41, 5.74) is 2.34. The first kappa shape index (κ1) is 16.2. The van der Waals surface area contributed by atoms with Gasteiger partial charge in [0.25, 0.3) is 0 Å². The molecule has 124 valence electrons. The van der Waals surface area contributed by atoms with E-state index in [1.54, 1.807) is 0 Å². The number of para-hydroxylation sites is 1. The Morgan fingerprint density at radius 3 is 2.92 bits per heavy atom. The van der Waals surface area contributed by atoms with Crippen LogP contribution in [0.3, 0.4) is 0 Å². The number of hydrogen-bond donors (Lipinski definition) is 1. The molecule has 4 rings (SSSR count). The van der Waals surface area contributed by atoms with Gasteiger partial charge in [0.05, 0.1) is 15.3 Å². The molecule has 1 unspecified atom stereocenters. The van der Waals surface area contributed by atoms with E-state index in [0.29, 0.717) is 0 Å². The standard InChI is InChI=1S/C19H20BrN3S/c20-18-7-6-17(24-18)19(23-10-3-8-21-9-11-23)15-12-14-4-1-2-5-16(14)22-13-15/h1-2,4-7,12-13,19,21H,3,8-11H2. The van der Waals surface area contributed by atoms with Gasteiger partial charge in [0, 0.05) is 36.1 Å². The van der Waals surface area contributed by atoms with Crippen LogP contribution in [0.15, 0.2) is 52.4 Å². The van der Waals surface area contributed by atoms with Gasteiger partial charge in [-0.1, -0.05) is 18.2 Å². The number of fused-ring (bicyclic) bond motifs is 1. The fourth-order valence-corrected chi connectivity index (χ4v) is 4.98. The topological polar surface area (TPSA) is 28.2 Å². The largest absolute Gasteiger partial charge is 0.315 e. The molecule has 24 heavy (non-hydrogen) atoms. The maximum atomic E-state index is 4.70. The lowest BCUT2D eigenvalue weighted by molar-refractivity contribution is 0.244. The minimum Gasteiger partial charge on any atom is -0.315 e. The first-order valence-electron chi connectivity index (χ1n) is 8.36. The van der Waals surface area contributed by atoms with Crippen LogP contribution in [0.1, 0.15) is 22.9 Å². The highest BCUT2D eigenvalue weighted by atomic mass is 79.9. The van der Waals surface area contributed by atoms with Crippen LogP contribution in [0.5, 0.6) is 0 Å². The summed E-state index contributed by atoms with van der Waals surface area (Å²) >= 11 is 5.45. The number of pyridine rings is 1. The molecule has 0 aliphatic carbocycles. The van der Waals surface area contributed by atoms with Crippen LogP contribution in [-0.4, -0.2) is 36.1 Å². The number of hydrogen-bond acceptors (Lipinski definition) is 4. The summed E-state index contributed by atoms with van der Waals surface area (Å²) in [6.45, 7) is 4.32. The van der Waals surface area contributed by atoms with E-state index in [1.165, 1.54) is 26.0 Å². The van der Waals surface area contributed by atoms with Crippen molar-refractivity contribution in [1.29, 1.82) is 0 Å². The van der Waals surface area contributed by atoms with Crippen molar-refractivity contribution in [3.63, 3.8) is 0 Å². The molecule has 1 N–H and O–H groups in total. The molecule has 0 radical (unpaired) electrons. The third kappa shape index (κ3) is 3.40. The molecule has 3 aromatic rings. The SMILES string of the molecule is Brc1ccc(C(c2cnc3ccccc3c2)N2CCCNCC2)s1. The van der Waals surface area contributed by atoms with Gasteiger partial charge in [0.1, 0.15) is 0 Å². The molecule has 3 nitrogen and oxygen atoms in total. The highest BCUT2D eigenvalue weighted by Gasteiger charge is 2.25. The van der Waals surface area contributed by atoms with Gasteiger partial charge in [-0.15, -0.1) is 11.3 Å². The summed E-state index contributed by atoms with van der Waals surface area (Å²) in [5, 5.41) is 4.72. The molecule has 1 aromatic carbocycles. The van der Waals surface area contributed by atoms with Crippen molar-refractivity contribution in [3.8, 4) is 0 Å². The monoisotopic (exact) mass is 401 g/mol. The van der Waals surface area contributed by atoms with Gasteiger partial charge >= 0.3 is 0 Å². The highest BCUT2D eigenvalue weighted by Crippen LogP contribution is 2.36. The van der Waals surface area contributed by atoms with E-state index >= 15 is 0 Å². The van der Waals surface area contributed by atoms with Crippen LogP contribution in [0.4, 0.5) is 0 Å². The number of nitrogens with one attached hydrogen (secondary N) is 1. The van der Waals surface area contributed by atoms with Crippen LogP contribution < -0.4 is 5.32 Å². The van der Waals surface area contributed by atoms with Crippen LogP contribution in [0, 0.1) is 0 Å². The molecule has 1 atom stereocenters. The molecule has 0 amide bonds. The van der Waals surface area contributed by atoms with Crippen LogP contribution in [0.25, 0.3) is 10.9 Å². The molecule has 2 aromatic heterocycles. The first-order chi connectivity index (χ1) is 11.8. The summed E-state index contributed by atoms with van der Waals surface area (Å²) in [6, 6.07) is 15.3. The predicted molar refractivity (Wildman–Crippen MR) is 105 cm³/mol. The Kier molecular flexibility index (Phi) is 4.94. The second kappa shape index (κ2) is 7.31. The molecule has 5 heteroatoms. The Bertz CT molecular complexity index is 824. The summed E-state index contributed by atoms with van der Waals surface area (Å²) < 4.78 is 1.18. The van der Waals surface area contributed by atoms with Gasteiger partial charge in [-0.25, -0.2) is 0 Å². The van der Waals surface area contributed by atoms with Gasteiger partial charge in [-0.05, 0) is 58.7 Å². The fraction of sp³-hybridized carbons (Fsp3) is 0.316. The van der Waals surface area contributed by atoms with Crippen molar-refractivity contribution < 1.29 is 0 Å². The van der Waals surface area contributed by atoms with Gasteiger partial charge in [-0.2, -0.15) is 0 Å². The maximum absolute atomic E-state index is 4.70. The third-order valence-corrected chi connectivity index (χ3v) is 6.21. The van der Waals surface area contributed by atoms with E-state index in [4.69, 9.17) is 4.98 Å². The number of nitrogens with zero attached hydrogens (tertiary/aromatic N) is 2. The second-order valence-electron chi connectivity index (χ2n) is 6.15. The summed E-state index contributed by atoms with van der Waals surface area (Å²) in [4.78, 5) is 8.67. The second-order valence-corrected chi connectivity index (χ2v) is 8.64. The Balaban J connectivity index is 1.77. The molecule has 0 bridgehead atoms. The molecule has 0 spiro atoms. The van der Waals surface area contributed by atoms with Crippen molar-refractivity contribution in [2.45, 2.75) is 12.5 Å². The molecule has 3 heterocycles. The maximum Gasteiger partial charge on any atom is 0.0712 e. The lowest BCUT2D eigenvalue weighted by atomic mass is 10.0. The zero-order valence-electron chi connectivity index (χ0n) is 13.4. The number of benzene rings is 1. The van der Waals surface area contributed by atoms with E-state index in [9.17, 15) is 0 Å². The van der Waals surface area contributed by atoms with E-state index in [-0.39, 0.29) is 6.04 Å². The van der Waals surface area contributed by atoms with Gasteiger partial charge in [0.2, 0.25) is 0 Å². The Labute approximate surface area is 154 Å². The molecule has 1 aliphatic heterocycles. The van der Waals surface area contributed by atoms with E-state index in [2.05, 4.69) is 68.7 Å². The smallest absolute Gasteiger partial charge is 0.0712 e. The van der Waals surface area contributed by atoms with E-state index in [0.717, 1.165) is 31.7 Å². The zero-order valence-corrected chi connectivity index (χ0v) is 15.8. The molecule has 1 saturated heterocycles. The first-order valence-corrected chi connectivity index (χ1v) is 9.97. The van der Waals surface area contributed by atoms with Crippen molar-refractivity contribution in [3.05, 3.63) is 62.9 Å². The molecule has 1 fully saturated rings. The predicted octanol–water partition coefficient (Wildman–Crippen LogP) is 4.44. The van der Waals surface area contributed by atoms with Gasteiger partial charge in [0.15, 0.2) is 0 Å². The average molecular weight is 402 g/mol. The Morgan fingerprint density at radius 2 is 2.04 bits per heavy atom. The quantitative estimate of drug-likeness (QED) is 0.702. The zero-order chi connectivity index (χ0) is 16.4. The van der Waals surface area contributed by atoms with E-state index < -0.39 is 0 Å². The average Bonchev–Trinajstić information content (AvgIpc) is 2.86. The fourth-order valence-electron chi connectivity index (χ4n) is 3.39. The van der Waals surface area contributed by atoms with E-state index in [1.807, 2.05) is 17.4 Å². The Hall–Kier alpha value is -1.27. The molecular weight excluding hydrogens is 382 g/mol. The number of halogens is 1. The molecule has 0 saturated carbocycles. The lowest BCUT2D eigenvalue weighted by Crippen LogP contribution is -2.32. The molecular formula is C19H20BrN3S. The molecule has 1 aliphatic rings. The minimum atomic E-state index is 0.276. The number of aromatic nitrogens is 1. The lowest BCUT2D eigenvalue weighted by Gasteiger charge is -2.30. The summed E-state index contributed by atoms with van der Waals surface area (Å²) in [7, 11) is 0. The summed E-state index contributed by atoms with van der Waals surface area (Å²) in [5.74, 6) is 0. The third-order valence-electron chi connectivity index (χ3n) is 4.53. The van der Waals surface area contributed by atoms with Gasteiger partial charge in [-0.3, -0.25) is 9.88 Å².